The first-order valence-corrected chi connectivity index (χ1v) is 6.71. The van der Waals surface area contributed by atoms with Crippen LogP contribution in [0, 0.1) is 6.92 Å². The summed E-state index contributed by atoms with van der Waals surface area (Å²) in [5.41, 5.74) is 0.812. The normalized spacial score (nSPS) is 12.3. The molecule has 0 bridgehead atoms. The fourth-order valence-electron chi connectivity index (χ4n) is 1.75. The topological polar surface area (TPSA) is 85.8 Å². The van der Waals surface area contributed by atoms with Crippen molar-refractivity contribution in [3.63, 3.8) is 0 Å². The van der Waals surface area contributed by atoms with Crippen LogP contribution in [0.1, 0.15) is 48.3 Å². The van der Waals surface area contributed by atoms with Crippen LogP contribution in [0.5, 0.6) is 0 Å². The van der Waals surface area contributed by atoms with Crippen LogP contribution in [0.25, 0.3) is 0 Å². The van der Waals surface area contributed by atoms with Gasteiger partial charge in [0.2, 0.25) is 5.76 Å². The Morgan fingerprint density at radius 2 is 2.35 bits per heavy atom. The van der Waals surface area contributed by atoms with Crippen LogP contribution in [-0.4, -0.2) is 32.4 Å². The lowest BCUT2D eigenvalue weighted by molar-refractivity contribution is 0.0915. The van der Waals surface area contributed by atoms with Crippen LogP contribution >= 0.6 is 0 Å². The predicted octanol–water partition coefficient (Wildman–Crippen LogP) is 1.52. The molecule has 0 unspecified atom stereocenters. The van der Waals surface area contributed by atoms with Crippen molar-refractivity contribution in [3.8, 4) is 0 Å². The zero-order valence-corrected chi connectivity index (χ0v) is 12.0. The Hall–Kier alpha value is -2.18. The van der Waals surface area contributed by atoms with E-state index in [0.29, 0.717) is 19.0 Å². The van der Waals surface area contributed by atoms with Gasteiger partial charge in [0.15, 0.2) is 0 Å². The van der Waals surface area contributed by atoms with Crippen molar-refractivity contribution in [2.24, 2.45) is 0 Å². The zero-order chi connectivity index (χ0) is 14.5. The largest absolute Gasteiger partial charge is 0.351 e. The van der Waals surface area contributed by atoms with Crippen molar-refractivity contribution < 1.29 is 9.32 Å². The maximum Gasteiger partial charge on any atom is 0.289 e. The van der Waals surface area contributed by atoms with Gasteiger partial charge in [-0.05, 0) is 13.3 Å². The van der Waals surface area contributed by atoms with Gasteiger partial charge in [0.25, 0.3) is 5.91 Å². The van der Waals surface area contributed by atoms with Crippen molar-refractivity contribution in [1.82, 2.24) is 25.2 Å². The molecule has 0 aliphatic rings. The highest BCUT2D eigenvalue weighted by Gasteiger charge is 2.15. The molecule has 0 fully saturated rings. The monoisotopic (exact) mass is 277 g/mol. The molecule has 2 aromatic heterocycles. The second-order valence-electron chi connectivity index (χ2n) is 4.75. The highest BCUT2D eigenvalue weighted by molar-refractivity contribution is 5.91. The summed E-state index contributed by atoms with van der Waals surface area (Å²) in [6.07, 6.45) is 2.59. The molecule has 7 heteroatoms. The number of nitrogens with one attached hydrogen (secondary N) is 1. The van der Waals surface area contributed by atoms with Crippen molar-refractivity contribution >= 4 is 5.91 Å². The van der Waals surface area contributed by atoms with E-state index in [4.69, 9.17) is 4.52 Å². The minimum Gasteiger partial charge on any atom is -0.351 e. The van der Waals surface area contributed by atoms with Gasteiger partial charge in [-0.25, -0.2) is 0 Å². The number of aryl methyl sites for hydroxylation is 1. The molecule has 0 radical (unpaired) electrons. The molecule has 0 saturated carbocycles. The van der Waals surface area contributed by atoms with Gasteiger partial charge in [-0.2, -0.15) is 0 Å². The number of carbonyl (C=O) groups is 1. The third-order valence-corrected chi connectivity index (χ3v) is 3.32. The number of amides is 1. The number of rotatable bonds is 6. The van der Waals surface area contributed by atoms with E-state index >= 15 is 0 Å². The molecule has 0 spiro atoms. The quantitative estimate of drug-likeness (QED) is 0.865. The Morgan fingerprint density at radius 1 is 1.55 bits per heavy atom. The van der Waals surface area contributed by atoms with Gasteiger partial charge < -0.3 is 14.4 Å². The van der Waals surface area contributed by atoms with Crippen LogP contribution in [0.4, 0.5) is 0 Å². The van der Waals surface area contributed by atoms with Gasteiger partial charge in [0.1, 0.15) is 12.2 Å². The fraction of sp³-hybridized carbons (Fsp3) is 0.538. The summed E-state index contributed by atoms with van der Waals surface area (Å²) < 4.78 is 6.93. The zero-order valence-electron chi connectivity index (χ0n) is 12.0. The van der Waals surface area contributed by atoms with E-state index in [1.54, 1.807) is 12.4 Å². The minimum atomic E-state index is -0.252. The standard InChI is InChI=1S/C13H19N5O2/c1-4-9(2)11-7-12(20-17-11)13(19)14-5-6-18-8-15-16-10(18)3/h7-9H,4-6H2,1-3H3,(H,14,19)/t9-/m1/s1. The summed E-state index contributed by atoms with van der Waals surface area (Å²) in [6, 6.07) is 1.70. The van der Waals surface area contributed by atoms with Crippen LogP contribution in [0.2, 0.25) is 0 Å². The first-order chi connectivity index (χ1) is 9.61. The Kier molecular flexibility index (Phi) is 4.49. The van der Waals surface area contributed by atoms with E-state index in [0.717, 1.165) is 17.9 Å². The highest BCUT2D eigenvalue weighted by Crippen LogP contribution is 2.17. The molecular formula is C13H19N5O2. The lowest BCUT2D eigenvalue weighted by Gasteiger charge is -2.04. The molecule has 20 heavy (non-hydrogen) atoms. The lowest BCUT2D eigenvalue weighted by Crippen LogP contribution is -2.27. The van der Waals surface area contributed by atoms with E-state index < -0.39 is 0 Å². The molecule has 1 atom stereocenters. The maximum atomic E-state index is 11.9. The molecule has 1 amide bonds. The smallest absolute Gasteiger partial charge is 0.289 e. The number of aromatic nitrogens is 4. The highest BCUT2D eigenvalue weighted by atomic mass is 16.5. The Labute approximate surface area is 117 Å². The van der Waals surface area contributed by atoms with Gasteiger partial charge in [0, 0.05) is 25.1 Å². The summed E-state index contributed by atoms with van der Waals surface area (Å²) >= 11 is 0. The molecule has 1 N–H and O–H groups in total. The first-order valence-electron chi connectivity index (χ1n) is 6.71. The molecule has 2 heterocycles. The molecule has 7 nitrogen and oxygen atoms in total. The SMILES string of the molecule is CC[C@@H](C)c1cc(C(=O)NCCn2cnnc2C)on1. The molecule has 0 aliphatic carbocycles. The summed E-state index contributed by atoms with van der Waals surface area (Å²) in [5.74, 6) is 1.11. The summed E-state index contributed by atoms with van der Waals surface area (Å²) in [7, 11) is 0. The molecule has 2 aromatic rings. The average Bonchev–Trinajstić information content (AvgIpc) is 3.07. The van der Waals surface area contributed by atoms with Crippen molar-refractivity contribution in [2.75, 3.05) is 6.54 Å². The van der Waals surface area contributed by atoms with E-state index in [1.165, 1.54) is 0 Å². The van der Waals surface area contributed by atoms with Crippen molar-refractivity contribution in [3.05, 3.63) is 29.7 Å². The van der Waals surface area contributed by atoms with Gasteiger partial charge in [-0.1, -0.05) is 19.0 Å². The second-order valence-corrected chi connectivity index (χ2v) is 4.75. The van der Waals surface area contributed by atoms with Gasteiger partial charge in [-0.3, -0.25) is 4.79 Å². The van der Waals surface area contributed by atoms with E-state index in [9.17, 15) is 4.79 Å². The predicted molar refractivity (Wildman–Crippen MR) is 72.3 cm³/mol. The average molecular weight is 277 g/mol. The molecule has 0 saturated heterocycles. The molecular weight excluding hydrogens is 258 g/mol. The summed E-state index contributed by atoms with van der Waals surface area (Å²) in [6.45, 7) is 7.09. The molecule has 108 valence electrons. The number of hydrogen-bond donors (Lipinski definition) is 1. The number of nitrogens with zero attached hydrogens (tertiary/aromatic N) is 4. The second kappa shape index (κ2) is 6.31. The first kappa shape index (κ1) is 14.2. The van der Waals surface area contributed by atoms with Crippen molar-refractivity contribution in [2.45, 2.75) is 39.7 Å². The molecule has 2 rings (SSSR count). The van der Waals surface area contributed by atoms with E-state index in [-0.39, 0.29) is 11.7 Å². The lowest BCUT2D eigenvalue weighted by atomic mass is 10.1. The molecule has 0 aromatic carbocycles. The van der Waals surface area contributed by atoms with Crippen LogP contribution in [0.15, 0.2) is 16.9 Å². The molecule has 0 aliphatic heterocycles. The summed E-state index contributed by atoms with van der Waals surface area (Å²) in [4.78, 5) is 11.9. The van der Waals surface area contributed by atoms with Gasteiger partial charge in [-0.15, -0.1) is 10.2 Å². The summed E-state index contributed by atoms with van der Waals surface area (Å²) in [5, 5.41) is 14.4. The van der Waals surface area contributed by atoms with Crippen LogP contribution in [-0.2, 0) is 6.54 Å². The Bertz CT molecular complexity index is 575. The van der Waals surface area contributed by atoms with Crippen LogP contribution < -0.4 is 5.32 Å². The Morgan fingerprint density at radius 3 is 3.00 bits per heavy atom. The number of carbonyl (C=O) groups excluding carboxylic acids is 1. The van der Waals surface area contributed by atoms with Crippen LogP contribution in [0.3, 0.4) is 0 Å². The van der Waals surface area contributed by atoms with Gasteiger partial charge >= 0.3 is 0 Å². The van der Waals surface area contributed by atoms with E-state index in [2.05, 4.69) is 27.6 Å². The van der Waals surface area contributed by atoms with Gasteiger partial charge in [0.05, 0.1) is 5.69 Å². The van der Waals surface area contributed by atoms with Crippen molar-refractivity contribution in [1.29, 1.82) is 0 Å². The van der Waals surface area contributed by atoms with E-state index in [1.807, 2.05) is 18.4 Å². The minimum absolute atomic E-state index is 0.251. The number of hydrogen-bond acceptors (Lipinski definition) is 5. The third kappa shape index (κ3) is 3.23. The fourth-order valence-corrected chi connectivity index (χ4v) is 1.75. The third-order valence-electron chi connectivity index (χ3n) is 3.32. The maximum absolute atomic E-state index is 11.9. The Balaban J connectivity index is 1.86.